The zero-order valence-corrected chi connectivity index (χ0v) is 7.10. The molecule has 1 atom stereocenters. The summed E-state index contributed by atoms with van der Waals surface area (Å²) in [6.45, 7) is 1.55. The van der Waals surface area contributed by atoms with E-state index in [0.29, 0.717) is 0 Å². The molecule has 0 fully saturated rings. The fourth-order valence-electron chi connectivity index (χ4n) is 0.676. The molecule has 0 heterocycles. The Hall–Kier alpha value is -0.620. The number of hydrogen-bond donors (Lipinski definition) is 2. The molecule has 1 unspecified atom stereocenters. The molecule has 0 aliphatic carbocycles. The van der Waals surface area contributed by atoms with Crippen molar-refractivity contribution in [2.24, 2.45) is 11.5 Å². The van der Waals surface area contributed by atoms with Gasteiger partial charge in [0, 0.05) is 6.04 Å². The second-order valence-corrected chi connectivity index (χ2v) is 4.61. The lowest BCUT2D eigenvalue weighted by Crippen LogP contribution is -2.32. The quantitative estimate of drug-likeness (QED) is 0.534. The predicted octanol–water partition coefficient (Wildman–Crippen LogP) is -1.77. The summed E-state index contributed by atoms with van der Waals surface area (Å²) < 4.78 is 21.7. The number of amides is 1. The van der Waals surface area contributed by atoms with Crippen LogP contribution >= 0.6 is 0 Å². The lowest BCUT2D eigenvalue weighted by atomic mass is 10.4. The maximum atomic E-state index is 10.9. The molecule has 66 valence electrons. The van der Waals surface area contributed by atoms with Crippen LogP contribution in [0.3, 0.4) is 0 Å². The Balaban J connectivity index is 4.14. The summed E-state index contributed by atoms with van der Waals surface area (Å²) in [6, 6.07) is -0.459. The van der Waals surface area contributed by atoms with Gasteiger partial charge in [-0.1, -0.05) is 0 Å². The van der Waals surface area contributed by atoms with Gasteiger partial charge >= 0.3 is 0 Å². The van der Waals surface area contributed by atoms with Gasteiger partial charge in [-0.25, -0.2) is 8.42 Å². The van der Waals surface area contributed by atoms with Crippen LogP contribution in [0.4, 0.5) is 0 Å². The van der Waals surface area contributed by atoms with Gasteiger partial charge in [0.2, 0.25) is 5.91 Å². The Kier molecular flexibility index (Phi) is 3.47. The number of rotatable bonds is 4. The van der Waals surface area contributed by atoms with Gasteiger partial charge in [-0.05, 0) is 6.92 Å². The van der Waals surface area contributed by atoms with Gasteiger partial charge in [-0.3, -0.25) is 4.79 Å². The summed E-state index contributed by atoms with van der Waals surface area (Å²) >= 11 is 0. The van der Waals surface area contributed by atoms with Crippen molar-refractivity contribution in [2.75, 3.05) is 11.5 Å². The zero-order chi connectivity index (χ0) is 9.07. The topological polar surface area (TPSA) is 103 Å². The van der Waals surface area contributed by atoms with Gasteiger partial charge in [-0.15, -0.1) is 0 Å². The summed E-state index contributed by atoms with van der Waals surface area (Å²) in [6.07, 6.45) is 0. The molecule has 4 N–H and O–H groups in total. The van der Waals surface area contributed by atoms with Gasteiger partial charge < -0.3 is 11.5 Å². The van der Waals surface area contributed by atoms with E-state index in [2.05, 4.69) is 0 Å². The fraction of sp³-hybridized carbons (Fsp3) is 0.800. The molecule has 0 aliphatic heterocycles. The SMILES string of the molecule is CC(N)CS(=O)(=O)CC(N)=O. The van der Waals surface area contributed by atoms with Gasteiger partial charge in [-0.2, -0.15) is 0 Å². The first-order chi connectivity index (χ1) is 4.83. The number of sulfone groups is 1. The van der Waals surface area contributed by atoms with Crippen molar-refractivity contribution in [2.45, 2.75) is 13.0 Å². The molecule has 6 heteroatoms. The summed E-state index contributed by atoms with van der Waals surface area (Å²) in [4.78, 5) is 10.2. The Labute approximate surface area is 65.7 Å². The van der Waals surface area contributed by atoms with Crippen molar-refractivity contribution in [1.82, 2.24) is 0 Å². The molecule has 0 aromatic heterocycles. The monoisotopic (exact) mass is 180 g/mol. The maximum Gasteiger partial charge on any atom is 0.232 e. The first kappa shape index (κ1) is 10.4. The standard InChI is InChI=1S/C5H12N2O3S/c1-4(6)2-11(9,10)3-5(7)8/h4H,2-3,6H2,1H3,(H2,7,8). The number of carbonyl (C=O) groups excluding carboxylic acids is 1. The third-order valence-electron chi connectivity index (χ3n) is 0.879. The van der Waals surface area contributed by atoms with E-state index in [1.165, 1.54) is 0 Å². The molecule has 1 amide bonds. The van der Waals surface area contributed by atoms with Crippen molar-refractivity contribution >= 4 is 15.7 Å². The van der Waals surface area contributed by atoms with Crippen molar-refractivity contribution in [3.8, 4) is 0 Å². The van der Waals surface area contributed by atoms with Crippen molar-refractivity contribution in [3.63, 3.8) is 0 Å². The third kappa shape index (κ3) is 5.81. The molecule has 5 nitrogen and oxygen atoms in total. The number of hydrogen-bond acceptors (Lipinski definition) is 4. The van der Waals surface area contributed by atoms with Crippen molar-refractivity contribution in [3.05, 3.63) is 0 Å². The van der Waals surface area contributed by atoms with E-state index in [-0.39, 0.29) is 5.75 Å². The van der Waals surface area contributed by atoms with Gasteiger partial charge in [0.15, 0.2) is 9.84 Å². The molecule has 0 aromatic carbocycles. The van der Waals surface area contributed by atoms with Gasteiger partial charge in [0.25, 0.3) is 0 Å². The van der Waals surface area contributed by atoms with E-state index >= 15 is 0 Å². The first-order valence-electron chi connectivity index (χ1n) is 3.08. The predicted molar refractivity (Wildman–Crippen MR) is 41.5 cm³/mol. The van der Waals surface area contributed by atoms with Crippen LogP contribution in [0.2, 0.25) is 0 Å². The third-order valence-corrected chi connectivity index (χ3v) is 2.64. The van der Waals surface area contributed by atoms with Crippen LogP contribution in [0.25, 0.3) is 0 Å². The lowest BCUT2D eigenvalue weighted by molar-refractivity contribution is -0.115. The average Bonchev–Trinajstić information content (AvgIpc) is 1.53. The lowest BCUT2D eigenvalue weighted by Gasteiger charge is -2.03. The number of primary amides is 1. The number of nitrogens with two attached hydrogens (primary N) is 2. The normalized spacial score (nSPS) is 14.4. The summed E-state index contributed by atoms with van der Waals surface area (Å²) in [5, 5.41) is 0. The minimum atomic E-state index is -3.38. The van der Waals surface area contributed by atoms with E-state index in [1.54, 1.807) is 6.92 Å². The first-order valence-corrected chi connectivity index (χ1v) is 4.90. The van der Waals surface area contributed by atoms with Crippen LogP contribution in [0.15, 0.2) is 0 Å². The zero-order valence-electron chi connectivity index (χ0n) is 6.28. The highest BCUT2D eigenvalue weighted by molar-refractivity contribution is 7.92. The fourth-order valence-corrected chi connectivity index (χ4v) is 2.03. The molecule has 0 aromatic rings. The second-order valence-electron chi connectivity index (χ2n) is 2.50. The Morgan fingerprint density at radius 1 is 1.55 bits per heavy atom. The number of carbonyl (C=O) groups is 1. The second kappa shape index (κ2) is 3.68. The van der Waals surface area contributed by atoms with Crippen molar-refractivity contribution in [1.29, 1.82) is 0 Å². The molecule has 0 saturated heterocycles. The molecular formula is C5H12N2O3S. The van der Waals surface area contributed by atoms with Crippen LogP contribution in [0, 0.1) is 0 Å². The van der Waals surface area contributed by atoms with E-state index in [1.807, 2.05) is 0 Å². The molecule has 0 saturated carbocycles. The van der Waals surface area contributed by atoms with Crippen molar-refractivity contribution < 1.29 is 13.2 Å². The highest BCUT2D eigenvalue weighted by Crippen LogP contribution is 1.91. The van der Waals surface area contributed by atoms with Crippen LogP contribution in [-0.2, 0) is 14.6 Å². The minimum Gasteiger partial charge on any atom is -0.369 e. The van der Waals surface area contributed by atoms with Gasteiger partial charge in [0.05, 0.1) is 5.75 Å². The van der Waals surface area contributed by atoms with Gasteiger partial charge in [0.1, 0.15) is 5.75 Å². The Morgan fingerprint density at radius 3 is 2.27 bits per heavy atom. The largest absolute Gasteiger partial charge is 0.369 e. The van der Waals surface area contributed by atoms with E-state index in [0.717, 1.165) is 0 Å². The highest BCUT2D eigenvalue weighted by Gasteiger charge is 2.15. The van der Waals surface area contributed by atoms with Crippen LogP contribution in [-0.4, -0.2) is 31.9 Å². The highest BCUT2D eigenvalue weighted by atomic mass is 32.2. The van der Waals surface area contributed by atoms with E-state index < -0.39 is 27.5 Å². The van der Waals surface area contributed by atoms with Crippen LogP contribution < -0.4 is 11.5 Å². The summed E-state index contributed by atoms with van der Waals surface area (Å²) in [7, 11) is -3.38. The minimum absolute atomic E-state index is 0.198. The molecular weight excluding hydrogens is 168 g/mol. The summed E-state index contributed by atoms with van der Waals surface area (Å²) in [5.41, 5.74) is 9.92. The molecule has 11 heavy (non-hydrogen) atoms. The van der Waals surface area contributed by atoms with E-state index in [9.17, 15) is 13.2 Å². The Morgan fingerprint density at radius 2 is 2.00 bits per heavy atom. The summed E-state index contributed by atoms with van der Waals surface area (Å²) in [5.74, 6) is -1.66. The van der Waals surface area contributed by atoms with Crippen LogP contribution in [0.5, 0.6) is 0 Å². The Bertz CT molecular complexity index is 232. The van der Waals surface area contributed by atoms with Crippen LogP contribution in [0.1, 0.15) is 6.92 Å². The van der Waals surface area contributed by atoms with E-state index in [4.69, 9.17) is 11.5 Å². The molecule has 0 spiro atoms. The molecule has 0 bridgehead atoms. The maximum absolute atomic E-state index is 10.9. The molecule has 0 radical (unpaired) electrons. The molecule has 0 aliphatic rings. The molecule has 0 rings (SSSR count). The average molecular weight is 180 g/mol. The smallest absolute Gasteiger partial charge is 0.232 e.